The van der Waals surface area contributed by atoms with Crippen LogP contribution in [0.4, 0.5) is 0 Å². The summed E-state index contributed by atoms with van der Waals surface area (Å²) in [5.41, 5.74) is 2.62. The van der Waals surface area contributed by atoms with Gasteiger partial charge in [0.05, 0.1) is 11.3 Å². The molecule has 0 bridgehead atoms. The lowest BCUT2D eigenvalue weighted by Gasteiger charge is -2.32. The van der Waals surface area contributed by atoms with Gasteiger partial charge in [0.1, 0.15) is 0 Å². The minimum atomic E-state index is 0. The molecule has 1 aliphatic heterocycles. The molecular weight excluding hydrogens is 276 g/mol. The molecule has 20 heavy (non-hydrogen) atoms. The molecule has 1 N–H and O–H groups in total. The number of carbonyl (C=O) groups excluding carboxylic acids is 1. The average molecular weight is 301 g/mol. The van der Waals surface area contributed by atoms with Gasteiger partial charge >= 0.3 is 0 Å². The van der Waals surface area contributed by atoms with Crippen molar-refractivity contribution in [2.45, 2.75) is 46.2 Å². The largest absolute Gasteiger partial charge is 0.337 e. The van der Waals surface area contributed by atoms with Crippen LogP contribution < -0.4 is 5.32 Å². The minimum Gasteiger partial charge on any atom is -0.337 e. The van der Waals surface area contributed by atoms with Crippen LogP contribution in [0.3, 0.4) is 0 Å². The minimum absolute atomic E-state index is 0. The number of aryl methyl sites for hydroxylation is 2. The Hall–Kier alpha value is -1.07. The van der Waals surface area contributed by atoms with Gasteiger partial charge in [-0.15, -0.1) is 12.4 Å². The third kappa shape index (κ3) is 3.15. The first kappa shape index (κ1) is 17.0. The summed E-state index contributed by atoms with van der Waals surface area (Å²) >= 11 is 0. The molecule has 0 spiro atoms. The van der Waals surface area contributed by atoms with Crippen molar-refractivity contribution in [3.05, 3.63) is 17.0 Å². The molecule has 1 saturated heterocycles. The molecular formula is C14H25ClN4O. The van der Waals surface area contributed by atoms with E-state index in [1.54, 1.807) is 0 Å². The van der Waals surface area contributed by atoms with Gasteiger partial charge in [0.2, 0.25) is 0 Å². The Balaban J connectivity index is 0.00000200. The Morgan fingerprint density at radius 1 is 1.45 bits per heavy atom. The first-order valence-electron chi connectivity index (χ1n) is 7.09. The molecule has 0 radical (unpaired) electrons. The molecule has 1 amide bonds. The Bertz CT molecular complexity index is 472. The molecule has 0 aromatic carbocycles. The number of hydrogen-bond donors (Lipinski definition) is 1. The van der Waals surface area contributed by atoms with Crippen molar-refractivity contribution in [1.29, 1.82) is 0 Å². The third-order valence-corrected chi connectivity index (χ3v) is 4.01. The number of carbonyl (C=O) groups is 1. The van der Waals surface area contributed by atoms with Crippen molar-refractivity contribution in [2.24, 2.45) is 0 Å². The van der Waals surface area contributed by atoms with E-state index in [0.717, 1.165) is 49.4 Å². The van der Waals surface area contributed by atoms with E-state index in [-0.39, 0.29) is 18.3 Å². The summed E-state index contributed by atoms with van der Waals surface area (Å²) in [5.74, 6) is 0.134. The quantitative estimate of drug-likeness (QED) is 0.925. The van der Waals surface area contributed by atoms with Gasteiger partial charge in [0, 0.05) is 31.4 Å². The van der Waals surface area contributed by atoms with Crippen LogP contribution >= 0.6 is 12.4 Å². The van der Waals surface area contributed by atoms with Crippen molar-refractivity contribution in [1.82, 2.24) is 20.0 Å². The summed E-state index contributed by atoms with van der Waals surface area (Å²) in [6.07, 6.45) is 2.21. The Morgan fingerprint density at radius 3 is 2.70 bits per heavy atom. The first-order valence-corrected chi connectivity index (χ1v) is 7.09. The summed E-state index contributed by atoms with van der Waals surface area (Å²) in [6, 6.07) is 0.416. The fraction of sp³-hybridized carbons (Fsp3) is 0.714. The maximum absolute atomic E-state index is 12.7. The number of likely N-dealkylation sites (N-methyl/N-ethyl adjacent to an activating group) is 1. The molecule has 2 heterocycles. The smallest absolute Gasteiger partial charge is 0.257 e. The van der Waals surface area contributed by atoms with E-state index in [2.05, 4.69) is 10.4 Å². The van der Waals surface area contributed by atoms with E-state index < -0.39 is 0 Å². The molecule has 0 saturated carbocycles. The summed E-state index contributed by atoms with van der Waals surface area (Å²) in [6.45, 7) is 8.41. The van der Waals surface area contributed by atoms with Crippen LogP contribution in [0.5, 0.6) is 0 Å². The second-order valence-electron chi connectivity index (χ2n) is 5.24. The van der Waals surface area contributed by atoms with E-state index in [9.17, 15) is 4.79 Å². The van der Waals surface area contributed by atoms with Gasteiger partial charge in [0.15, 0.2) is 0 Å². The zero-order valence-corrected chi connectivity index (χ0v) is 13.6. The van der Waals surface area contributed by atoms with E-state index >= 15 is 0 Å². The van der Waals surface area contributed by atoms with Crippen LogP contribution in [0.1, 0.15) is 41.5 Å². The number of aromatic nitrogens is 2. The summed E-state index contributed by atoms with van der Waals surface area (Å²) in [4.78, 5) is 14.6. The normalized spacial score (nSPS) is 18.8. The maximum Gasteiger partial charge on any atom is 0.257 e. The number of rotatable bonds is 3. The van der Waals surface area contributed by atoms with Crippen molar-refractivity contribution in [3.8, 4) is 0 Å². The Morgan fingerprint density at radius 2 is 2.15 bits per heavy atom. The zero-order chi connectivity index (χ0) is 14.0. The number of nitrogens with zero attached hydrogens (tertiary/aromatic N) is 3. The van der Waals surface area contributed by atoms with Crippen molar-refractivity contribution >= 4 is 18.3 Å². The summed E-state index contributed by atoms with van der Waals surface area (Å²) in [5, 5.41) is 7.71. The topological polar surface area (TPSA) is 50.2 Å². The highest BCUT2D eigenvalue weighted by Gasteiger charge is 2.27. The van der Waals surface area contributed by atoms with Gasteiger partial charge in [-0.1, -0.05) is 0 Å². The van der Waals surface area contributed by atoms with Crippen LogP contribution in [0.2, 0.25) is 0 Å². The van der Waals surface area contributed by atoms with Gasteiger partial charge in [-0.3, -0.25) is 9.48 Å². The zero-order valence-electron chi connectivity index (χ0n) is 12.8. The average Bonchev–Trinajstić information content (AvgIpc) is 2.72. The van der Waals surface area contributed by atoms with Crippen molar-refractivity contribution in [2.75, 3.05) is 20.1 Å². The van der Waals surface area contributed by atoms with Gasteiger partial charge in [0.25, 0.3) is 5.91 Å². The summed E-state index contributed by atoms with van der Waals surface area (Å²) in [7, 11) is 1.96. The highest BCUT2D eigenvalue weighted by atomic mass is 35.5. The van der Waals surface area contributed by atoms with E-state index in [0.29, 0.717) is 6.04 Å². The van der Waals surface area contributed by atoms with E-state index in [1.165, 1.54) is 0 Å². The molecule has 2 rings (SSSR count). The highest BCUT2D eigenvalue weighted by Crippen LogP contribution is 2.19. The number of nitrogens with one attached hydrogen (secondary N) is 1. The van der Waals surface area contributed by atoms with Crippen LogP contribution in [0.25, 0.3) is 0 Å². The second kappa shape index (κ2) is 7.09. The molecule has 1 aromatic heterocycles. The fourth-order valence-electron chi connectivity index (χ4n) is 2.87. The molecule has 1 atom stereocenters. The first-order chi connectivity index (χ1) is 9.08. The van der Waals surface area contributed by atoms with Gasteiger partial charge in [-0.2, -0.15) is 5.10 Å². The lowest BCUT2D eigenvalue weighted by molar-refractivity contribution is 0.0696. The van der Waals surface area contributed by atoms with Gasteiger partial charge < -0.3 is 10.2 Å². The lowest BCUT2D eigenvalue weighted by Crippen LogP contribution is -2.47. The van der Waals surface area contributed by atoms with Crippen LogP contribution in [-0.4, -0.2) is 46.8 Å². The fourth-order valence-corrected chi connectivity index (χ4v) is 2.87. The molecule has 1 fully saturated rings. The van der Waals surface area contributed by atoms with Crippen molar-refractivity contribution < 1.29 is 4.79 Å². The highest BCUT2D eigenvalue weighted by molar-refractivity contribution is 5.96. The number of halogens is 1. The monoisotopic (exact) mass is 300 g/mol. The number of piperidine rings is 1. The molecule has 6 heteroatoms. The van der Waals surface area contributed by atoms with Crippen LogP contribution in [0, 0.1) is 13.8 Å². The molecule has 1 aromatic rings. The van der Waals surface area contributed by atoms with E-state index in [1.807, 2.05) is 37.4 Å². The Labute approximate surface area is 127 Å². The standard InChI is InChI=1S/C14H24N4O.ClH/c1-5-18-11(3)13(10(2)16-18)14(19)17-8-6-7-12(9-17)15-4;/h12,15H,5-9H2,1-4H3;1H. The van der Waals surface area contributed by atoms with Gasteiger partial charge in [-0.25, -0.2) is 0 Å². The van der Waals surface area contributed by atoms with Crippen LogP contribution in [0.15, 0.2) is 0 Å². The summed E-state index contributed by atoms with van der Waals surface area (Å²) < 4.78 is 1.90. The molecule has 5 nitrogen and oxygen atoms in total. The number of hydrogen-bond acceptors (Lipinski definition) is 3. The molecule has 1 unspecified atom stereocenters. The second-order valence-corrected chi connectivity index (χ2v) is 5.24. The maximum atomic E-state index is 12.7. The lowest BCUT2D eigenvalue weighted by atomic mass is 10.0. The molecule has 1 aliphatic rings. The Kier molecular flexibility index (Phi) is 6.02. The third-order valence-electron chi connectivity index (χ3n) is 4.01. The van der Waals surface area contributed by atoms with Crippen LogP contribution in [-0.2, 0) is 6.54 Å². The van der Waals surface area contributed by atoms with Gasteiger partial charge in [-0.05, 0) is 40.7 Å². The predicted octanol–water partition coefficient (Wildman–Crippen LogP) is 1.77. The number of amides is 1. The SMILES string of the molecule is CCn1nc(C)c(C(=O)N2CCCC(NC)C2)c1C.Cl. The number of likely N-dealkylation sites (tertiary alicyclic amines) is 1. The molecule has 0 aliphatic carbocycles. The van der Waals surface area contributed by atoms with Crippen molar-refractivity contribution in [3.63, 3.8) is 0 Å². The molecule has 114 valence electrons. The predicted molar refractivity (Wildman–Crippen MR) is 82.6 cm³/mol. The van der Waals surface area contributed by atoms with E-state index in [4.69, 9.17) is 0 Å².